The number of carbonyl (C=O) groups excluding carboxylic acids is 3. The average molecular weight is 992 g/mol. The fourth-order valence-electron chi connectivity index (χ4n) is 8.52. The maximum absolute atomic E-state index is 12.9. The van der Waals surface area contributed by atoms with Crippen LogP contribution in [0.2, 0.25) is 0 Å². The van der Waals surface area contributed by atoms with Gasteiger partial charge in [-0.1, -0.05) is 248 Å². The second-order valence-electron chi connectivity index (χ2n) is 20.2. The lowest BCUT2D eigenvalue weighted by Crippen LogP contribution is -2.30. The van der Waals surface area contributed by atoms with E-state index in [0.29, 0.717) is 19.3 Å². The summed E-state index contributed by atoms with van der Waals surface area (Å²) in [5.74, 6) is -0.900. The van der Waals surface area contributed by atoms with Gasteiger partial charge in [0, 0.05) is 19.3 Å². The van der Waals surface area contributed by atoms with Crippen LogP contribution in [0.5, 0.6) is 0 Å². The van der Waals surface area contributed by atoms with E-state index in [1.807, 2.05) is 0 Å². The highest BCUT2D eigenvalue weighted by molar-refractivity contribution is 5.71. The molecule has 0 heterocycles. The Bertz CT molecular complexity index is 1320. The van der Waals surface area contributed by atoms with Gasteiger partial charge >= 0.3 is 17.9 Å². The highest BCUT2D eigenvalue weighted by Gasteiger charge is 2.19. The van der Waals surface area contributed by atoms with E-state index in [1.54, 1.807) is 0 Å². The van der Waals surface area contributed by atoms with Gasteiger partial charge in [0.25, 0.3) is 0 Å². The molecule has 0 radical (unpaired) electrons. The predicted octanol–water partition coefficient (Wildman–Crippen LogP) is 20.5. The number of hydrogen-bond donors (Lipinski definition) is 0. The van der Waals surface area contributed by atoms with E-state index in [4.69, 9.17) is 14.2 Å². The van der Waals surface area contributed by atoms with Crippen LogP contribution in [-0.2, 0) is 28.6 Å². The highest BCUT2D eigenvalue weighted by Crippen LogP contribution is 2.15. The van der Waals surface area contributed by atoms with Crippen LogP contribution < -0.4 is 0 Å². The molecular formula is C65H114O6. The van der Waals surface area contributed by atoms with Gasteiger partial charge in [0.05, 0.1) is 0 Å². The Morgan fingerprint density at radius 3 is 0.831 bits per heavy atom. The van der Waals surface area contributed by atoms with E-state index >= 15 is 0 Å². The van der Waals surface area contributed by atoms with E-state index in [1.165, 1.54) is 167 Å². The fourth-order valence-corrected chi connectivity index (χ4v) is 8.52. The highest BCUT2D eigenvalue weighted by atomic mass is 16.6. The van der Waals surface area contributed by atoms with Crippen LogP contribution in [-0.4, -0.2) is 37.2 Å². The van der Waals surface area contributed by atoms with Crippen molar-refractivity contribution in [1.29, 1.82) is 0 Å². The molecule has 71 heavy (non-hydrogen) atoms. The molecule has 1 unspecified atom stereocenters. The van der Waals surface area contributed by atoms with Crippen molar-refractivity contribution in [2.24, 2.45) is 0 Å². The largest absolute Gasteiger partial charge is 0.462 e. The van der Waals surface area contributed by atoms with Crippen LogP contribution in [0.3, 0.4) is 0 Å². The molecule has 0 amide bonds. The summed E-state index contributed by atoms with van der Waals surface area (Å²) in [6, 6.07) is 0. The number of unbranched alkanes of at least 4 members (excludes halogenated alkanes) is 32. The molecule has 0 saturated carbocycles. The molecule has 0 aliphatic heterocycles. The van der Waals surface area contributed by atoms with Crippen molar-refractivity contribution in [1.82, 2.24) is 0 Å². The SMILES string of the molecule is CCCC/C=C\C/C=C\CCCCCCCC(=O)OCC(COC(=O)CCCCCCCCCCC/C=C\C/C=C\CCCCCCC)OC(=O)CCCCCCCCC/C=C\C/C=C\CCCCCC. The zero-order valence-electron chi connectivity index (χ0n) is 47.0. The minimum Gasteiger partial charge on any atom is -0.462 e. The Hall–Kier alpha value is -3.15. The number of carbonyl (C=O) groups is 3. The van der Waals surface area contributed by atoms with Crippen molar-refractivity contribution in [3.8, 4) is 0 Å². The zero-order valence-corrected chi connectivity index (χ0v) is 47.0. The normalized spacial score (nSPS) is 12.5. The molecular weight excluding hydrogens is 877 g/mol. The number of rotatable bonds is 55. The van der Waals surface area contributed by atoms with Gasteiger partial charge in [0.15, 0.2) is 6.10 Å². The summed E-state index contributed by atoms with van der Waals surface area (Å²) < 4.78 is 16.9. The Kier molecular flexibility index (Phi) is 56.8. The van der Waals surface area contributed by atoms with Crippen molar-refractivity contribution in [2.45, 2.75) is 309 Å². The fraction of sp³-hybridized carbons (Fsp3) is 0.769. The Labute approximate surface area is 440 Å². The first-order chi connectivity index (χ1) is 35.0. The lowest BCUT2D eigenvalue weighted by atomic mass is 10.1. The third-order valence-corrected chi connectivity index (χ3v) is 13.2. The van der Waals surface area contributed by atoms with Crippen LogP contribution in [0.1, 0.15) is 303 Å². The van der Waals surface area contributed by atoms with Gasteiger partial charge in [-0.2, -0.15) is 0 Å². The van der Waals surface area contributed by atoms with Crippen LogP contribution in [0.4, 0.5) is 0 Å². The van der Waals surface area contributed by atoms with E-state index < -0.39 is 6.10 Å². The van der Waals surface area contributed by atoms with Crippen LogP contribution in [0, 0.1) is 0 Å². The Morgan fingerprint density at radius 2 is 0.521 bits per heavy atom. The molecule has 0 aliphatic carbocycles. The molecule has 6 heteroatoms. The molecule has 1 atom stereocenters. The number of ether oxygens (including phenoxy) is 3. The molecule has 0 aromatic carbocycles. The number of allylic oxidation sites excluding steroid dienone is 12. The van der Waals surface area contributed by atoms with E-state index in [0.717, 1.165) is 96.3 Å². The van der Waals surface area contributed by atoms with Gasteiger partial charge in [0.2, 0.25) is 0 Å². The van der Waals surface area contributed by atoms with Crippen molar-refractivity contribution in [3.05, 3.63) is 72.9 Å². The summed E-state index contributed by atoms with van der Waals surface area (Å²) in [7, 11) is 0. The van der Waals surface area contributed by atoms with E-state index in [2.05, 4.69) is 93.7 Å². The van der Waals surface area contributed by atoms with Crippen molar-refractivity contribution in [3.63, 3.8) is 0 Å². The van der Waals surface area contributed by atoms with Gasteiger partial charge in [-0.05, 0) is 109 Å². The van der Waals surface area contributed by atoms with Crippen LogP contribution >= 0.6 is 0 Å². The molecule has 0 spiro atoms. The van der Waals surface area contributed by atoms with Crippen LogP contribution in [0.25, 0.3) is 0 Å². The summed E-state index contributed by atoms with van der Waals surface area (Å²) >= 11 is 0. The Morgan fingerprint density at radius 1 is 0.282 bits per heavy atom. The molecule has 0 aliphatic rings. The Balaban J connectivity index is 4.38. The minimum atomic E-state index is -0.788. The van der Waals surface area contributed by atoms with Crippen LogP contribution in [0.15, 0.2) is 72.9 Å². The topological polar surface area (TPSA) is 78.9 Å². The molecule has 0 rings (SSSR count). The quantitative estimate of drug-likeness (QED) is 0.0261. The van der Waals surface area contributed by atoms with Crippen molar-refractivity contribution >= 4 is 17.9 Å². The lowest BCUT2D eigenvalue weighted by Gasteiger charge is -2.18. The molecule has 0 fully saturated rings. The maximum atomic E-state index is 12.9. The summed E-state index contributed by atoms with van der Waals surface area (Å²) in [6.07, 6.45) is 76.0. The van der Waals surface area contributed by atoms with Crippen molar-refractivity contribution in [2.75, 3.05) is 13.2 Å². The molecule has 0 aromatic rings. The van der Waals surface area contributed by atoms with Gasteiger partial charge in [-0.3, -0.25) is 14.4 Å². The molecule has 0 aromatic heterocycles. The predicted molar refractivity (Wildman–Crippen MR) is 307 cm³/mol. The van der Waals surface area contributed by atoms with Gasteiger partial charge < -0.3 is 14.2 Å². The van der Waals surface area contributed by atoms with Gasteiger partial charge in [-0.25, -0.2) is 0 Å². The zero-order chi connectivity index (χ0) is 51.4. The first-order valence-corrected chi connectivity index (χ1v) is 30.4. The molecule has 0 saturated heterocycles. The maximum Gasteiger partial charge on any atom is 0.306 e. The van der Waals surface area contributed by atoms with E-state index in [-0.39, 0.29) is 31.1 Å². The first kappa shape index (κ1) is 67.8. The summed E-state index contributed by atoms with van der Waals surface area (Å²) in [5.41, 5.74) is 0. The first-order valence-electron chi connectivity index (χ1n) is 30.4. The summed E-state index contributed by atoms with van der Waals surface area (Å²) in [4.78, 5) is 38.2. The van der Waals surface area contributed by atoms with Gasteiger partial charge in [0.1, 0.15) is 13.2 Å². The molecule has 410 valence electrons. The van der Waals surface area contributed by atoms with Crippen molar-refractivity contribution < 1.29 is 28.6 Å². The van der Waals surface area contributed by atoms with Gasteiger partial charge in [-0.15, -0.1) is 0 Å². The second-order valence-corrected chi connectivity index (χ2v) is 20.2. The third kappa shape index (κ3) is 57.6. The minimum absolute atomic E-state index is 0.0848. The third-order valence-electron chi connectivity index (χ3n) is 13.2. The van der Waals surface area contributed by atoms with E-state index in [9.17, 15) is 14.4 Å². The number of esters is 3. The molecule has 6 nitrogen and oxygen atoms in total. The monoisotopic (exact) mass is 991 g/mol. The molecule has 0 bridgehead atoms. The summed E-state index contributed by atoms with van der Waals surface area (Å²) in [6.45, 7) is 6.58. The average Bonchev–Trinajstić information content (AvgIpc) is 3.37. The second kappa shape index (κ2) is 59.4. The number of hydrogen-bond acceptors (Lipinski definition) is 6. The molecule has 0 N–H and O–H groups in total. The smallest absolute Gasteiger partial charge is 0.306 e. The lowest BCUT2D eigenvalue weighted by molar-refractivity contribution is -0.167. The standard InChI is InChI=1S/C65H114O6/c1-4-7-10-13-16-19-22-25-28-30-32-33-34-36-37-40-43-46-49-52-55-58-64(67)70-61-62(60-69-63(66)57-54-51-48-45-42-39-27-24-21-18-15-12-9-6-3)71-65(68)59-56-53-50-47-44-41-38-35-31-29-26-23-20-17-14-11-8-5-2/h15,18,20,22-25,27,29-32,62H,4-14,16-17,19,21,26,28,33-61H2,1-3H3/b18-15-,23-20-,25-22-,27-24-,31-29-,32-30-. The summed E-state index contributed by atoms with van der Waals surface area (Å²) in [5, 5.41) is 0.